The average Bonchev–Trinajstić information content (AvgIpc) is 3.82. The summed E-state index contributed by atoms with van der Waals surface area (Å²) in [7, 11) is -3.14. The van der Waals surface area contributed by atoms with Gasteiger partial charge in [-0.2, -0.15) is 0 Å². The van der Waals surface area contributed by atoms with Crippen molar-refractivity contribution in [3.63, 3.8) is 0 Å². The molecule has 0 amide bonds. The summed E-state index contributed by atoms with van der Waals surface area (Å²) in [5.41, 5.74) is -3.21. The Balaban J connectivity index is 0.976. The van der Waals surface area contributed by atoms with E-state index in [-0.39, 0.29) is 48.8 Å². The zero-order valence-electron chi connectivity index (χ0n) is 31.3. The third kappa shape index (κ3) is 5.73. The van der Waals surface area contributed by atoms with Crippen LogP contribution < -0.4 is 14.7 Å². The van der Waals surface area contributed by atoms with E-state index in [0.717, 1.165) is 30.6 Å². The molecule has 11 atom stereocenters. The number of nitrogens with zero attached hydrogens (tertiary/aromatic N) is 1. The monoisotopic (exact) mass is 784 g/mol. The highest BCUT2D eigenvalue weighted by Gasteiger charge is 2.84. The van der Waals surface area contributed by atoms with Gasteiger partial charge in [-0.15, -0.1) is 0 Å². The van der Waals surface area contributed by atoms with Gasteiger partial charge in [0.15, 0.2) is 35.8 Å². The first-order valence-corrected chi connectivity index (χ1v) is 21.4. The van der Waals surface area contributed by atoms with Crippen LogP contribution in [0.5, 0.6) is 5.75 Å². The maximum Gasteiger partial charge on any atom is 0.524 e. The van der Waals surface area contributed by atoms with Crippen LogP contribution in [0.4, 0.5) is 4.39 Å². The van der Waals surface area contributed by atoms with Crippen molar-refractivity contribution in [2.24, 2.45) is 23.2 Å². The summed E-state index contributed by atoms with van der Waals surface area (Å²) in [5.74, 6) is -0.637. The number of halogens is 1. The molecule has 5 N–H and O–H groups in total. The van der Waals surface area contributed by atoms with Crippen molar-refractivity contribution in [2.75, 3.05) is 26.8 Å². The Morgan fingerprint density at radius 1 is 1.16 bits per heavy atom. The van der Waals surface area contributed by atoms with E-state index in [1.807, 2.05) is 17.3 Å². The van der Waals surface area contributed by atoms with E-state index in [1.165, 1.54) is 18.6 Å². The number of ether oxygens (including phenoxy) is 3. The number of rotatable bonds is 11. The highest BCUT2D eigenvalue weighted by Crippen LogP contribution is 2.75. The number of carbonyl (C=O) groups excluding carboxylic acids is 2. The van der Waals surface area contributed by atoms with Gasteiger partial charge in [-0.25, -0.2) is 8.96 Å². The predicted octanol–water partition coefficient (Wildman–Crippen LogP) is 2.92. The molecule has 0 bridgehead atoms. The number of likely N-dealkylation sites (N-methyl/N-ethyl adjacent to an activating group) is 1. The summed E-state index contributed by atoms with van der Waals surface area (Å²) >= 11 is 0. The van der Waals surface area contributed by atoms with Crippen LogP contribution in [0.2, 0.25) is 0 Å². The van der Waals surface area contributed by atoms with Crippen molar-refractivity contribution in [1.29, 1.82) is 0 Å². The second kappa shape index (κ2) is 13.4. The second-order valence-electron chi connectivity index (χ2n) is 17.4. The molecule has 1 aromatic rings. The van der Waals surface area contributed by atoms with Gasteiger partial charge in [-0.3, -0.25) is 24.3 Å². The number of alkyl halides is 1. The number of phosphoric ester groups is 1. The van der Waals surface area contributed by atoms with E-state index >= 15 is 9.18 Å². The van der Waals surface area contributed by atoms with Crippen molar-refractivity contribution in [3.8, 4) is 5.75 Å². The van der Waals surface area contributed by atoms with Crippen LogP contribution in [0, 0.1) is 23.2 Å². The summed E-state index contributed by atoms with van der Waals surface area (Å²) in [4.78, 5) is 49.4. The summed E-state index contributed by atoms with van der Waals surface area (Å²) in [6.45, 7) is 3.06. The van der Waals surface area contributed by atoms with Gasteiger partial charge in [0.2, 0.25) is 0 Å². The lowest BCUT2D eigenvalue weighted by Gasteiger charge is -2.71. The molecule has 4 saturated carbocycles. The molecule has 9 rings (SSSR count). The number of carbonyl (C=O) groups is 2. The Morgan fingerprint density at radius 2 is 1.96 bits per heavy atom. The smallest absolute Gasteiger partial charge is 0.404 e. The quantitative estimate of drug-likeness (QED) is 0.209. The van der Waals surface area contributed by atoms with Crippen LogP contribution in [0.1, 0.15) is 81.9 Å². The minimum absolute atomic E-state index is 0.0166. The Labute approximate surface area is 320 Å². The molecule has 8 aliphatic rings. The third-order valence-electron chi connectivity index (χ3n) is 14.4. The van der Waals surface area contributed by atoms with E-state index < -0.39 is 60.6 Å². The van der Waals surface area contributed by atoms with Gasteiger partial charge in [0.25, 0.3) is 0 Å². The first-order chi connectivity index (χ1) is 26.2. The van der Waals surface area contributed by atoms with E-state index in [1.54, 1.807) is 31.3 Å². The van der Waals surface area contributed by atoms with Gasteiger partial charge in [-0.1, -0.05) is 32.3 Å². The number of phosphoric acid groups is 1. The lowest BCUT2D eigenvalue weighted by Crippen LogP contribution is -3.05. The van der Waals surface area contributed by atoms with Gasteiger partial charge in [0.05, 0.1) is 31.1 Å². The molecular formula is C40H52FN3O10P+. The molecule has 11 unspecified atom stereocenters. The molecule has 0 aromatic heterocycles. The Bertz CT molecular complexity index is 1900. The minimum atomic E-state index is -4.86. The van der Waals surface area contributed by atoms with Crippen LogP contribution in [-0.4, -0.2) is 93.5 Å². The number of aliphatic hydroxyl groups is 1. The highest BCUT2D eigenvalue weighted by atomic mass is 31.2. The standard InChI is InChI=1S/C40H51FN3O10P/c1-37-19-35-39(41)29(10-9-27-17-28(45)12-13-38(27,39)52-35)30(37)18-34-40(37,53-36(51-34)24-6-4-3-5-7-24)33(47)22-44-15-14-43(23-44)21-26-16-25(31(46)20-42-2)8-11-32(26)54-55(48,49)50/h8,11-17,24,29-31,34-36,42,46H,3-7,9-10,18-23H2,1-2H3,(H2,48,49,50)/p+1. The fraction of sp³-hybridized carbons (Fsp3) is 0.650. The lowest BCUT2D eigenvalue weighted by atomic mass is 9.44. The van der Waals surface area contributed by atoms with E-state index in [0.29, 0.717) is 49.1 Å². The number of aliphatic hydroxyl groups excluding tert-OH is 1. The third-order valence-corrected chi connectivity index (χ3v) is 14.8. The van der Waals surface area contributed by atoms with Crippen LogP contribution in [0.3, 0.4) is 0 Å². The molecule has 15 heteroatoms. The minimum Gasteiger partial charge on any atom is -0.404 e. The molecule has 2 saturated heterocycles. The molecule has 6 fully saturated rings. The molecule has 3 aliphatic heterocycles. The summed E-state index contributed by atoms with van der Waals surface area (Å²) < 4.78 is 55.1. The van der Waals surface area contributed by atoms with E-state index in [2.05, 4.69) is 12.2 Å². The molecule has 3 heterocycles. The first kappa shape index (κ1) is 37.8. The van der Waals surface area contributed by atoms with Crippen LogP contribution in [0.15, 0.2) is 54.4 Å². The van der Waals surface area contributed by atoms with Crippen molar-refractivity contribution >= 4 is 19.4 Å². The molecule has 5 aliphatic carbocycles. The summed E-state index contributed by atoms with van der Waals surface area (Å²) in [6.07, 6.45) is 12.9. The number of allylic oxidation sites excluding steroid dienone is 2. The number of hydrogen-bond donors (Lipinski definition) is 5. The van der Waals surface area contributed by atoms with Gasteiger partial charge >= 0.3 is 7.82 Å². The number of Topliss-reactive ketones (excluding diaryl/α,β-unsaturated/α-hetero) is 1. The molecule has 55 heavy (non-hydrogen) atoms. The van der Waals surface area contributed by atoms with Crippen molar-refractivity contribution in [2.45, 2.75) is 113 Å². The largest absolute Gasteiger partial charge is 0.524 e. The number of nitrogens with one attached hydrogen (secondary N) is 2. The highest BCUT2D eigenvalue weighted by molar-refractivity contribution is 7.46. The fourth-order valence-electron chi connectivity index (χ4n) is 12.0. The number of quaternary nitrogens is 1. The summed E-state index contributed by atoms with van der Waals surface area (Å²) in [6, 6.07) is 4.72. The molecule has 298 valence electrons. The van der Waals surface area contributed by atoms with E-state index in [9.17, 15) is 24.3 Å². The Kier molecular flexibility index (Phi) is 9.20. The fourth-order valence-corrected chi connectivity index (χ4v) is 12.4. The number of hydrogen-bond acceptors (Lipinski definition) is 10. The van der Waals surface area contributed by atoms with Crippen LogP contribution >= 0.6 is 7.82 Å². The maximum absolute atomic E-state index is 17.8. The number of benzene rings is 1. The van der Waals surface area contributed by atoms with Gasteiger partial charge in [-0.05, 0) is 93.0 Å². The van der Waals surface area contributed by atoms with Crippen molar-refractivity contribution in [1.82, 2.24) is 10.2 Å². The van der Waals surface area contributed by atoms with Gasteiger partial charge < -0.3 is 34.1 Å². The second-order valence-corrected chi connectivity index (χ2v) is 18.5. The zero-order chi connectivity index (χ0) is 38.5. The molecule has 1 aromatic carbocycles. The molecular weight excluding hydrogens is 732 g/mol. The van der Waals surface area contributed by atoms with Gasteiger partial charge in [0, 0.05) is 29.4 Å². The normalized spacial score (nSPS) is 40.9. The molecule has 13 nitrogen and oxygen atoms in total. The maximum atomic E-state index is 17.8. The topological polar surface area (TPSA) is 169 Å². The molecule has 1 spiro atoms. The zero-order valence-corrected chi connectivity index (χ0v) is 32.2. The number of ketones is 2. The van der Waals surface area contributed by atoms with E-state index in [4.69, 9.17) is 18.7 Å². The van der Waals surface area contributed by atoms with Crippen molar-refractivity contribution in [3.05, 3.63) is 65.5 Å². The predicted molar refractivity (Wildman–Crippen MR) is 195 cm³/mol. The Hall–Kier alpha value is -2.78. The van der Waals surface area contributed by atoms with Crippen LogP contribution in [-0.2, 0) is 34.9 Å². The average molecular weight is 785 g/mol. The SMILES string of the molecule is CNCC(O)c1ccc(OP(=O)(O)O)c(C[NH+]2C=CN(CC(=O)C34OC(C5CCCCC5)OC3CC3C5CCC6=CC(=O)C=CC67OC(CC34C)C57F)C2)c1. The number of fused-ring (bicyclic) bond motifs is 4. The van der Waals surface area contributed by atoms with Crippen LogP contribution in [0.25, 0.3) is 0 Å². The van der Waals surface area contributed by atoms with Gasteiger partial charge in [0.1, 0.15) is 24.1 Å². The van der Waals surface area contributed by atoms with Crippen molar-refractivity contribution < 1.29 is 57.1 Å². The lowest BCUT2D eigenvalue weighted by molar-refractivity contribution is -0.863. The molecule has 0 radical (unpaired) electrons. The summed E-state index contributed by atoms with van der Waals surface area (Å²) in [5, 5.41) is 13.5. The Morgan fingerprint density at radius 3 is 2.73 bits per heavy atom. The first-order valence-electron chi connectivity index (χ1n) is 19.9.